The highest BCUT2D eigenvalue weighted by Crippen LogP contribution is 2.40. The molecule has 3 aliphatic rings. The van der Waals surface area contributed by atoms with Crippen LogP contribution >= 0.6 is 0 Å². The van der Waals surface area contributed by atoms with Crippen molar-refractivity contribution in [1.82, 2.24) is 4.90 Å². The number of fused-ring (bicyclic) bond motifs is 1. The van der Waals surface area contributed by atoms with Gasteiger partial charge in [0.2, 0.25) is 0 Å². The van der Waals surface area contributed by atoms with Crippen molar-refractivity contribution in [3.05, 3.63) is 27.8 Å². The number of aliphatic carboxylic acids is 1. The van der Waals surface area contributed by atoms with Gasteiger partial charge in [-0.25, -0.2) is 0 Å². The van der Waals surface area contributed by atoms with Crippen LogP contribution in [0.2, 0.25) is 0 Å². The van der Waals surface area contributed by atoms with E-state index in [-0.39, 0.29) is 29.2 Å². The normalized spacial score (nSPS) is 23.9. The van der Waals surface area contributed by atoms with Gasteiger partial charge in [-0.05, 0) is 44.1 Å². The molecule has 0 spiro atoms. The second kappa shape index (κ2) is 6.75. The minimum Gasteiger partial charge on any atom is -0.480 e. The van der Waals surface area contributed by atoms with E-state index in [4.69, 9.17) is 5.11 Å². The molecule has 1 aromatic carbocycles. The van der Waals surface area contributed by atoms with Crippen molar-refractivity contribution in [2.24, 2.45) is 5.92 Å². The zero-order valence-electron chi connectivity index (χ0n) is 14.6. The number of hydrogen-bond acceptors (Lipinski definition) is 6. The first kappa shape index (κ1) is 17.1. The van der Waals surface area contributed by atoms with E-state index in [1.807, 2.05) is 0 Å². The summed E-state index contributed by atoms with van der Waals surface area (Å²) in [5.74, 6) is -0.143. The molecule has 0 bridgehead atoms. The third kappa shape index (κ3) is 3.46. The first-order valence-electron chi connectivity index (χ1n) is 9.27. The molecule has 8 nitrogen and oxygen atoms in total. The number of nitro benzene ring substituents is 1. The molecule has 0 unspecified atom stereocenters. The Bertz CT molecular complexity index is 728. The van der Waals surface area contributed by atoms with Crippen molar-refractivity contribution in [3.63, 3.8) is 0 Å². The maximum atomic E-state index is 11.4. The fraction of sp³-hybridized carbons (Fsp3) is 0.611. The second-order valence-corrected chi connectivity index (χ2v) is 7.65. The summed E-state index contributed by atoms with van der Waals surface area (Å²) in [5, 5.41) is 27.2. The molecule has 1 aliphatic heterocycles. The van der Waals surface area contributed by atoms with Gasteiger partial charge < -0.3 is 15.7 Å². The van der Waals surface area contributed by atoms with Crippen molar-refractivity contribution in [2.45, 2.75) is 44.2 Å². The average Bonchev–Trinajstić information content (AvgIpc) is 3.21. The van der Waals surface area contributed by atoms with Gasteiger partial charge in [0.05, 0.1) is 11.5 Å². The van der Waals surface area contributed by atoms with Crippen LogP contribution in [0.4, 0.5) is 17.1 Å². The minimum absolute atomic E-state index is 0.0820. The lowest BCUT2D eigenvalue weighted by Gasteiger charge is -2.43. The molecule has 2 fully saturated rings. The van der Waals surface area contributed by atoms with Crippen molar-refractivity contribution in [2.75, 3.05) is 30.3 Å². The molecule has 0 radical (unpaired) electrons. The number of carboxylic acids is 1. The number of nitrogens with one attached hydrogen (secondary N) is 2. The first-order chi connectivity index (χ1) is 12.5. The molecule has 3 N–H and O–H groups in total. The summed E-state index contributed by atoms with van der Waals surface area (Å²) >= 11 is 0. The highest BCUT2D eigenvalue weighted by atomic mass is 16.6. The van der Waals surface area contributed by atoms with E-state index < -0.39 is 5.97 Å². The molecular weight excluding hydrogens is 336 g/mol. The van der Waals surface area contributed by atoms with Crippen LogP contribution in [0.5, 0.6) is 0 Å². The molecule has 1 heterocycles. The van der Waals surface area contributed by atoms with Crippen molar-refractivity contribution >= 4 is 23.0 Å². The highest BCUT2D eigenvalue weighted by molar-refractivity contribution is 5.77. The number of nitro groups is 1. The predicted molar refractivity (Wildman–Crippen MR) is 97.7 cm³/mol. The molecule has 4 rings (SSSR count). The number of nitrogens with zero attached hydrogens (tertiary/aromatic N) is 2. The van der Waals surface area contributed by atoms with E-state index in [2.05, 4.69) is 15.5 Å². The molecular formula is C18H24N4O4. The quantitative estimate of drug-likeness (QED) is 0.482. The lowest BCUT2D eigenvalue weighted by atomic mass is 9.84. The summed E-state index contributed by atoms with van der Waals surface area (Å²) in [6.45, 7) is 1.74. The largest absolute Gasteiger partial charge is 0.480 e. The number of anilines is 2. The Labute approximate surface area is 151 Å². The topological polar surface area (TPSA) is 108 Å². The van der Waals surface area contributed by atoms with E-state index >= 15 is 0 Å². The third-order valence-electron chi connectivity index (χ3n) is 5.68. The maximum Gasteiger partial charge on any atom is 0.317 e. The number of hydrogen-bond donors (Lipinski definition) is 3. The molecule has 0 aromatic heterocycles. The zero-order chi connectivity index (χ0) is 18.3. The van der Waals surface area contributed by atoms with Crippen LogP contribution in [0, 0.1) is 16.0 Å². The van der Waals surface area contributed by atoms with Crippen molar-refractivity contribution < 1.29 is 14.8 Å². The Morgan fingerprint density at radius 1 is 1.38 bits per heavy atom. The summed E-state index contributed by atoms with van der Waals surface area (Å²) < 4.78 is 0. The third-order valence-corrected chi connectivity index (χ3v) is 5.68. The Morgan fingerprint density at radius 3 is 2.81 bits per heavy atom. The molecule has 140 valence electrons. The van der Waals surface area contributed by atoms with Gasteiger partial charge in [0.25, 0.3) is 5.69 Å². The van der Waals surface area contributed by atoms with Crippen LogP contribution < -0.4 is 10.6 Å². The molecule has 26 heavy (non-hydrogen) atoms. The highest BCUT2D eigenvalue weighted by Gasteiger charge is 2.38. The molecule has 0 saturated heterocycles. The summed E-state index contributed by atoms with van der Waals surface area (Å²) in [6, 6.07) is 3.73. The molecule has 2 aliphatic carbocycles. The van der Waals surface area contributed by atoms with Crippen LogP contribution in [0.25, 0.3) is 0 Å². The van der Waals surface area contributed by atoms with Crippen molar-refractivity contribution in [1.29, 1.82) is 0 Å². The fourth-order valence-corrected chi connectivity index (χ4v) is 4.05. The first-order valence-corrected chi connectivity index (χ1v) is 9.27. The van der Waals surface area contributed by atoms with Gasteiger partial charge in [-0.15, -0.1) is 0 Å². The lowest BCUT2D eigenvalue weighted by Crippen LogP contribution is -2.52. The van der Waals surface area contributed by atoms with Gasteiger partial charge in [-0.2, -0.15) is 0 Å². The predicted octanol–water partition coefficient (Wildman–Crippen LogP) is 2.30. The summed E-state index contributed by atoms with van der Waals surface area (Å²) in [7, 11) is 0. The van der Waals surface area contributed by atoms with E-state index in [9.17, 15) is 14.9 Å². The van der Waals surface area contributed by atoms with Gasteiger partial charge in [0, 0.05) is 42.5 Å². The van der Waals surface area contributed by atoms with Crippen LogP contribution in [-0.2, 0) is 11.2 Å². The van der Waals surface area contributed by atoms with Gasteiger partial charge in [0.15, 0.2) is 0 Å². The molecule has 2 saturated carbocycles. The second-order valence-electron chi connectivity index (χ2n) is 7.65. The number of benzene rings is 1. The Morgan fingerprint density at radius 2 is 2.15 bits per heavy atom. The van der Waals surface area contributed by atoms with E-state index in [1.165, 1.54) is 12.8 Å². The fourth-order valence-electron chi connectivity index (χ4n) is 4.05. The van der Waals surface area contributed by atoms with Gasteiger partial charge in [-0.3, -0.25) is 19.8 Å². The van der Waals surface area contributed by atoms with Crippen molar-refractivity contribution in [3.8, 4) is 0 Å². The van der Waals surface area contributed by atoms with Crippen LogP contribution in [0.3, 0.4) is 0 Å². The maximum absolute atomic E-state index is 11.4. The van der Waals surface area contributed by atoms with Crippen LogP contribution in [0.15, 0.2) is 12.1 Å². The van der Waals surface area contributed by atoms with Crippen LogP contribution in [-0.4, -0.2) is 52.6 Å². The Hall–Kier alpha value is -2.35. The van der Waals surface area contributed by atoms with Gasteiger partial charge >= 0.3 is 5.97 Å². The Balaban J connectivity index is 1.43. The number of carbonyl (C=O) groups is 1. The summed E-state index contributed by atoms with van der Waals surface area (Å²) in [5.41, 5.74) is 2.71. The minimum atomic E-state index is -0.787. The number of rotatable bonds is 8. The smallest absolute Gasteiger partial charge is 0.317 e. The lowest BCUT2D eigenvalue weighted by molar-refractivity contribution is -0.384. The molecule has 0 atom stereocenters. The Kier molecular flexibility index (Phi) is 4.44. The molecule has 0 amide bonds. The van der Waals surface area contributed by atoms with E-state index in [1.54, 1.807) is 12.1 Å². The van der Waals surface area contributed by atoms with Gasteiger partial charge in [0.1, 0.15) is 5.69 Å². The monoisotopic (exact) mass is 360 g/mol. The van der Waals surface area contributed by atoms with Crippen LogP contribution in [0.1, 0.15) is 31.2 Å². The molecule has 8 heteroatoms. The average molecular weight is 360 g/mol. The summed E-state index contributed by atoms with van der Waals surface area (Å²) in [4.78, 5) is 24.3. The van der Waals surface area contributed by atoms with E-state index in [0.717, 1.165) is 43.6 Å². The van der Waals surface area contributed by atoms with E-state index in [0.29, 0.717) is 11.6 Å². The SMILES string of the molecule is O=C(O)CN(CC1CC1)C1CC(Nc2c([N+](=O)[O-])ccc3c2CCN3)C1. The molecule has 1 aromatic rings. The number of carboxylic acid groups (broad SMARTS) is 1. The zero-order valence-corrected chi connectivity index (χ0v) is 14.6. The summed E-state index contributed by atoms with van der Waals surface area (Å²) in [6.07, 6.45) is 4.82. The van der Waals surface area contributed by atoms with Gasteiger partial charge in [-0.1, -0.05) is 0 Å². The standard InChI is InChI=1S/C18H24N4O4/c23-17(24)10-21(9-11-1-2-11)13-7-12(8-13)20-18-14-5-6-19-15(14)3-4-16(18)22(25)26/h3-4,11-13,19-20H,1-2,5-10H2,(H,23,24).